The Kier molecular flexibility index (Phi) is 4.31. The number of rotatable bonds is 5. The lowest BCUT2D eigenvalue weighted by atomic mass is 10.1. The molecule has 0 amide bonds. The first kappa shape index (κ1) is 13.0. The highest BCUT2D eigenvalue weighted by Gasteiger charge is 2.10. The Morgan fingerprint density at radius 2 is 2.00 bits per heavy atom. The molecule has 0 aliphatic carbocycles. The van der Waals surface area contributed by atoms with Gasteiger partial charge in [-0.15, -0.1) is 11.6 Å². The summed E-state index contributed by atoms with van der Waals surface area (Å²) >= 11 is 5.96. The van der Waals surface area contributed by atoms with E-state index in [0.717, 1.165) is 17.8 Å². The quantitative estimate of drug-likeness (QED) is 0.843. The second-order valence-corrected chi connectivity index (χ2v) is 5.03. The van der Waals surface area contributed by atoms with Crippen LogP contribution in [0.2, 0.25) is 0 Å². The topological polar surface area (TPSA) is 50.7 Å². The second-order valence-electron chi connectivity index (χ2n) is 4.72. The number of aromatic nitrogens is 3. The monoisotopic (exact) mass is 264 g/mol. The van der Waals surface area contributed by atoms with Gasteiger partial charge in [-0.2, -0.15) is 0 Å². The minimum Gasteiger partial charge on any atom is -0.366 e. The molecule has 1 atom stereocenters. The van der Waals surface area contributed by atoms with Gasteiger partial charge in [0.25, 0.3) is 0 Å². The van der Waals surface area contributed by atoms with Crippen molar-refractivity contribution in [2.75, 3.05) is 11.2 Å². The van der Waals surface area contributed by atoms with E-state index in [9.17, 15) is 0 Å². The SMILES string of the molecule is CC(C)CC(CCl)Nc1ccc2nccnc2n1. The third-order valence-corrected chi connectivity index (χ3v) is 3.00. The molecule has 5 heteroatoms. The molecule has 0 aromatic carbocycles. The normalized spacial score (nSPS) is 12.9. The summed E-state index contributed by atoms with van der Waals surface area (Å²) in [6.07, 6.45) is 4.33. The Balaban J connectivity index is 2.15. The van der Waals surface area contributed by atoms with Gasteiger partial charge in [0, 0.05) is 24.3 Å². The van der Waals surface area contributed by atoms with Crippen molar-refractivity contribution in [3.05, 3.63) is 24.5 Å². The van der Waals surface area contributed by atoms with Crippen LogP contribution in [0.4, 0.5) is 5.82 Å². The molecule has 0 bridgehead atoms. The fourth-order valence-electron chi connectivity index (χ4n) is 1.87. The number of alkyl halides is 1. The average Bonchev–Trinajstić information content (AvgIpc) is 2.37. The molecule has 2 rings (SSSR count). The number of fused-ring (bicyclic) bond motifs is 1. The average molecular weight is 265 g/mol. The summed E-state index contributed by atoms with van der Waals surface area (Å²) < 4.78 is 0. The van der Waals surface area contributed by atoms with Crippen LogP contribution in [0.15, 0.2) is 24.5 Å². The van der Waals surface area contributed by atoms with E-state index in [4.69, 9.17) is 11.6 Å². The Bertz CT molecular complexity index is 515. The van der Waals surface area contributed by atoms with Crippen LogP contribution in [0.5, 0.6) is 0 Å². The molecule has 0 aliphatic rings. The summed E-state index contributed by atoms with van der Waals surface area (Å²) in [4.78, 5) is 12.8. The lowest BCUT2D eigenvalue weighted by Crippen LogP contribution is -2.23. The van der Waals surface area contributed by atoms with Gasteiger partial charge in [-0.05, 0) is 24.5 Å². The van der Waals surface area contributed by atoms with Gasteiger partial charge in [0.15, 0.2) is 5.65 Å². The van der Waals surface area contributed by atoms with E-state index >= 15 is 0 Å². The van der Waals surface area contributed by atoms with Gasteiger partial charge in [-0.1, -0.05) is 13.8 Å². The summed E-state index contributed by atoms with van der Waals surface area (Å²) in [5.41, 5.74) is 1.45. The maximum atomic E-state index is 5.96. The molecule has 2 aromatic rings. The van der Waals surface area contributed by atoms with Crippen molar-refractivity contribution in [2.45, 2.75) is 26.3 Å². The second kappa shape index (κ2) is 5.96. The lowest BCUT2D eigenvalue weighted by molar-refractivity contribution is 0.541. The molecule has 0 spiro atoms. The first-order chi connectivity index (χ1) is 8.69. The molecule has 0 aliphatic heterocycles. The Morgan fingerprint density at radius 1 is 1.22 bits per heavy atom. The molecule has 1 N–H and O–H groups in total. The molecule has 0 radical (unpaired) electrons. The zero-order valence-electron chi connectivity index (χ0n) is 10.6. The van der Waals surface area contributed by atoms with Crippen LogP contribution in [-0.4, -0.2) is 26.9 Å². The highest BCUT2D eigenvalue weighted by molar-refractivity contribution is 6.18. The van der Waals surface area contributed by atoms with E-state index in [1.54, 1.807) is 12.4 Å². The highest BCUT2D eigenvalue weighted by atomic mass is 35.5. The van der Waals surface area contributed by atoms with Crippen molar-refractivity contribution in [3.63, 3.8) is 0 Å². The number of hydrogen-bond acceptors (Lipinski definition) is 4. The molecule has 2 heterocycles. The van der Waals surface area contributed by atoms with Crippen molar-refractivity contribution < 1.29 is 0 Å². The molecule has 0 saturated heterocycles. The first-order valence-electron chi connectivity index (χ1n) is 6.09. The number of nitrogens with one attached hydrogen (secondary N) is 1. The predicted molar refractivity (Wildman–Crippen MR) is 74.9 cm³/mol. The van der Waals surface area contributed by atoms with Gasteiger partial charge in [0.2, 0.25) is 0 Å². The molecule has 1 unspecified atom stereocenters. The van der Waals surface area contributed by atoms with E-state index in [2.05, 4.69) is 34.1 Å². The summed E-state index contributed by atoms with van der Waals surface area (Å²) in [6.45, 7) is 4.36. The van der Waals surface area contributed by atoms with Crippen LogP contribution < -0.4 is 5.32 Å². The molecule has 0 fully saturated rings. The molecule has 2 aromatic heterocycles. The summed E-state index contributed by atoms with van der Waals surface area (Å²) in [5.74, 6) is 1.97. The van der Waals surface area contributed by atoms with E-state index in [1.807, 2.05) is 12.1 Å². The van der Waals surface area contributed by atoms with Crippen molar-refractivity contribution in [1.82, 2.24) is 15.0 Å². The van der Waals surface area contributed by atoms with Crippen LogP contribution in [0.25, 0.3) is 11.2 Å². The van der Waals surface area contributed by atoms with Crippen molar-refractivity contribution in [1.29, 1.82) is 0 Å². The fraction of sp³-hybridized carbons (Fsp3) is 0.462. The van der Waals surface area contributed by atoms with E-state index < -0.39 is 0 Å². The number of anilines is 1. The molecular formula is C13H17ClN4. The van der Waals surface area contributed by atoms with Gasteiger partial charge in [0.1, 0.15) is 11.3 Å². The van der Waals surface area contributed by atoms with Crippen molar-refractivity contribution in [3.8, 4) is 0 Å². The molecular weight excluding hydrogens is 248 g/mol. The van der Waals surface area contributed by atoms with Crippen LogP contribution in [0, 0.1) is 5.92 Å². The summed E-state index contributed by atoms with van der Waals surface area (Å²) in [5, 5.41) is 3.34. The lowest BCUT2D eigenvalue weighted by Gasteiger charge is -2.18. The standard InChI is InChI=1S/C13H17ClN4/c1-9(2)7-10(8-14)17-12-4-3-11-13(18-12)16-6-5-15-11/h3-6,9-10H,7-8H2,1-2H3,(H,16,17,18). The molecule has 4 nitrogen and oxygen atoms in total. The van der Waals surface area contributed by atoms with Crippen molar-refractivity contribution >= 4 is 28.6 Å². The number of pyridine rings is 1. The molecule has 96 valence electrons. The van der Waals surface area contributed by atoms with Gasteiger partial charge < -0.3 is 5.32 Å². The molecule has 18 heavy (non-hydrogen) atoms. The minimum absolute atomic E-state index is 0.230. The van der Waals surface area contributed by atoms with Gasteiger partial charge in [-0.25, -0.2) is 9.97 Å². The van der Waals surface area contributed by atoms with Crippen LogP contribution in [-0.2, 0) is 0 Å². The number of hydrogen-bond donors (Lipinski definition) is 1. The third-order valence-electron chi connectivity index (χ3n) is 2.63. The third kappa shape index (κ3) is 3.29. The summed E-state index contributed by atoms with van der Waals surface area (Å²) in [6, 6.07) is 4.06. The van der Waals surface area contributed by atoms with E-state index in [-0.39, 0.29) is 6.04 Å². The van der Waals surface area contributed by atoms with Crippen LogP contribution >= 0.6 is 11.6 Å². The zero-order valence-corrected chi connectivity index (χ0v) is 11.4. The summed E-state index contributed by atoms with van der Waals surface area (Å²) in [7, 11) is 0. The highest BCUT2D eigenvalue weighted by Crippen LogP contribution is 2.14. The zero-order chi connectivity index (χ0) is 13.0. The largest absolute Gasteiger partial charge is 0.366 e. The van der Waals surface area contributed by atoms with Gasteiger partial charge >= 0.3 is 0 Å². The minimum atomic E-state index is 0.230. The Hall–Kier alpha value is -1.42. The van der Waals surface area contributed by atoms with E-state index in [1.165, 1.54) is 0 Å². The fourth-order valence-corrected chi connectivity index (χ4v) is 2.08. The maximum absolute atomic E-state index is 5.96. The van der Waals surface area contributed by atoms with Crippen LogP contribution in [0.1, 0.15) is 20.3 Å². The van der Waals surface area contributed by atoms with Gasteiger partial charge in [0.05, 0.1) is 0 Å². The van der Waals surface area contributed by atoms with Gasteiger partial charge in [-0.3, -0.25) is 4.98 Å². The van der Waals surface area contributed by atoms with E-state index in [0.29, 0.717) is 17.4 Å². The smallest absolute Gasteiger partial charge is 0.180 e. The first-order valence-corrected chi connectivity index (χ1v) is 6.62. The van der Waals surface area contributed by atoms with Crippen molar-refractivity contribution in [2.24, 2.45) is 5.92 Å². The molecule has 0 saturated carbocycles. The maximum Gasteiger partial charge on any atom is 0.180 e. The Morgan fingerprint density at radius 3 is 2.72 bits per heavy atom. The predicted octanol–water partition coefficient (Wildman–Crippen LogP) is 3.09. The van der Waals surface area contributed by atoms with Crippen LogP contribution in [0.3, 0.4) is 0 Å². The number of nitrogens with zero attached hydrogens (tertiary/aromatic N) is 3. The number of halogens is 1. The Labute approximate surface area is 112 Å².